The normalized spacial score (nSPS) is 20.2. The highest BCUT2D eigenvalue weighted by molar-refractivity contribution is 6.25. The van der Waals surface area contributed by atoms with Crippen molar-refractivity contribution in [3.8, 4) is 0 Å². The van der Waals surface area contributed by atoms with Gasteiger partial charge in [-0.25, -0.2) is 4.79 Å². The molecule has 2 atom stereocenters. The van der Waals surface area contributed by atoms with Crippen molar-refractivity contribution in [2.24, 2.45) is 0 Å². The molecule has 0 heterocycles. The molecule has 0 saturated carbocycles. The lowest BCUT2D eigenvalue weighted by molar-refractivity contribution is -0.152. The van der Waals surface area contributed by atoms with Crippen LogP contribution in [0.5, 0.6) is 0 Å². The molecule has 0 aromatic carbocycles. The van der Waals surface area contributed by atoms with Crippen molar-refractivity contribution in [2.75, 3.05) is 13.2 Å². The molecule has 1 unspecified atom stereocenters. The average molecular weight is 307 g/mol. The summed E-state index contributed by atoms with van der Waals surface area (Å²) in [4.78, 5) is 38.0. The highest BCUT2D eigenvalue weighted by atomic mass is 16.5. The van der Waals surface area contributed by atoms with Gasteiger partial charge in [-0.2, -0.15) is 4.79 Å². The zero-order valence-electron chi connectivity index (χ0n) is 19.3. The molecule has 0 rings (SSSR count). The molecular formula is C13H21N3O5. The van der Waals surface area contributed by atoms with Gasteiger partial charge < -0.3 is 20.3 Å². The molecule has 0 bridgehead atoms. The van der Waals surface area contributed by atoms with E-state index in [9.17, 15) is 14.4 Å². The number of hydrogen-bond acceptors (Lipinski definition) is 5. The lowest BCUT2D eigenvalue weighted by atomic mass is 10.1. The van der Waals surface area contributed by atoms with E-state index in [2.05, 4.69) is 14.8 Å². The van der Waals surface area contributed by atoms with Crippen LogP contribution < -0.4 is 5.32 Å². The molecular weight excluding hydrogens is 278 g/mol. The topological polar surface area (TPSA) is 118 Å². The van der Waals surface area contributed by atoms with Crippen LogP contribution in [0.4, 0.5) is 0 Å². The minimum Gasteiger partial charge on any atom is -0.461 e. The number of carbonyl (C=O) groups excluding carboxylic acids is 3. The Morgan fingerprint density at radius 1 is 1.52 bits per heavy atom. The Hall–Kier alpha value is -2.05. The van der Waals surface area contributed by atoms with Crippen molar-refractivity contribution in [1.82, 2.24) is 5.32 Å². The quantitative estimate of drug-likeness (QED) is 0.266. The van der Waals surface area contributed by atoms with Crippen molar-refractivity contribution in [3.05, 3.63) is 5.53 Å². The van der Waals surface area contributed by atoms with E-state index >= 15 is 0 Å². The van der Waals surface area contributed by atoms with Gasteiger partial charge in [-0.1, -0.05) is 0 Å². The Bertz CT molecular complexity index is 658. The minimum atomic E-state index is -3.17. The average Bonchev–Trinajstić information content (AvgIpc) is 2.55. The van der Waals surface area contributed by atoms with E-state index in [1.807, 2.05) is 0 Å². The molecule has 1 amide bonds. The van der Waals surface area contributed by atoms with Crippen LogP contribution in [0.25, 0.3) is 5.53 Å². The summed E-state index contributed by atoms with van der Waals surface area (Å²) in [7, 11) is 0. The van der Waals surface area contributed by atoms with E-state index in [0.29, 0.717) is 6.21 Å². The van der Waals surface area contributed by atoms with E-state index in [1.54, 1.807) is 0 Å². The molecule has 0 radical (unpaired) electrons. The summed E-state index contributed by atoms with van der Waals surface area (Å²) in [6.07, 6.45) is -1.72. The monoisotopic (exact) mass is 307 g/mol. The molecule has 0 aliphatic rings. The molecule has 0 saturated heterocycles. The third-order valence-corrected chi connectivity index (χ3v) is 2.07. The van der Waals surface area contributed by atoms with E-state index < -0.39 is 56.7 Å². The summed E-state index contributed by atoms with van der Waals surface area (Å²) in [5.41, 5.74) is 8.30. The van der Waals surface area contributed by atoms with Crippen molar-refractivity contribution >= 4 is 23.9 Å². The van der Waals surface area contributed by atoms with Gasteiger partial charge in [-0.15, -0.1) is 0 Å². The number of ketones is 1. The number of ether oxygens (including phenoxy) is 2. The van der Waals surface area contributed by atoms with Gasteiger partial charge in [0.1, 0.15) is 12.6 Å². The summed E-state index contributed by atoms with van der Waals surface area (Å²) in [6.45, 7) is -8.92. The molecule has 8 nitrogen and oxygen atoms in total. The van der Waals surface area contributed by atoms with E-state index in [0.717, 1.165) is 6.92 Å². The Balaban J connectivity index is 5.14. The molecule has 0 fully saturated rings. The van der Waals surface area contributed by atoms with Crippen LogP contribution in [0.1, 0.15) is 44.4 Å². The van der Waals surface area contributed by atoms with Crippen LogP contribution >= 0.6 is 0 Å². The smallest absolute Gasteiger partial charge is 0.328 e. The first kappa shape index (κ1) is 9.07. The van der Waals surface area contributed by atoms with Gasteiger partial charge >= 0.3 is 12.2 Å². The third-order valence-electron chi connectivity index (χ3n) is 2.07. The highest BCUT2D eigenvalue weighted by Gasteiger charge is 2.24. The van der Waals surface area contributed by atoms with Crippen LogP contribution in [-0.2, 0) is 23.9 Å². The maximum atomic E-state index is 12.2. The summed E-state index contributed by atoms with van der Waals surface area (Å²) in [5, 5.41) is 2.06. The standard InChI is InChI=1S/C13H21N3O5/c1-4-20-8-12(18)16-11(13(19)21-9(2)3)6-5-10(17)7-15-14/h7,9,11H,4-6,8H2,1-3H3,(H,16,18)/t11-/m0/s1/i1D3,2D3,4D2/t9?,11-. The van der Waals surface area contributed by atoms with Gasteiger partial charge in [0.2, 0.25) is 11.7 Å². The number of rotatable bonds is 10. The molecule has 0 aliphatic heterocycles. The third kappa shape index (κ3) is 9.48. The first-order chi connectivity index (χ1) is 13.0. The molecule has 8 heteroatoms. The fraction of sp³-hybridized carbons (Fsp3) is 0.692. The largest absolute Gasteiger partial charge is 0.461 e. The summed E-state index contributed by atoms with van der Waals surface area (Å²) < 4.78 is 66.2. The van der Waals surface area contributed by atoms with Crippen LogP contribution in [0.15, 0.2) is 0 Å². The van der Waals surface area contributed by atoms with Gasteiger partial charge in [0, 0.05) is 21.2 Å². The first-order valence-electron chi connectivity index (χ1n) is 9.85. The first-order valence-corrected chi connectivity index (χ1v) is 5.85. The van der Waals surface area contributed by atoms with Crippen molar-refractivity contribution in [3.63, 3.8) is 0 Å². The zero-order valence-corrected chi connectivity index (χ0v) is 11.3. The van der Waals surface area contributed by atoms with Crippen molar-refractivity contribution in [1.29, 1.82) is 0 Å². The van der Waals surface area contributed by atoms with Gasteiger partial charge in [0.25, 0.3) is 0 Å². The van der Waals surface area contributed by atoms with Crippen LogP contribution in [0.2, 0.25) is 0 Å². The molecule has 0 spiro atoms. The van der Waals surface area contributed by atoms with E-state index in [4.69, 9.17) is 21.2 Å². The minimum absolute atomic E-state index is 0.366. The second-order valence-corrected chi connectivity index (χ2v) is 3.84. The van der Waals surface area contributed by atoms with Gasteiger partial charge in [-0.3, -0.25) is 9.59 Å². The maximum Gasteiger partial charge on any atom is 0.328 e. The zero-order chi connectivity index (χ0) is 23.0. The van der Waals surface area contributed by atoms with Crippen LogP contribution in [-0.4, -0.2) is 54.0 Å². The Kier molecular flexibility index (Phi) is 4.62. The van der Waals surface area contributed by atoms with Gasteiger partial charge in [0.15, 0.2) is 0 Å². The number of Topliss-reactive ketones (excluding diaryl/α,β-unsaturated/α-hetero) is 1. The second-order valence-electron chi connectivity index (χ2n) is 3.84. The lowest BCUT2D eigenvalue weighted by Gasteiger charge is -2.18. The number of nitrogens with zero attached hydrogens (tertiary/aromatic N) is 2. The van der Waals surface area contributed by atoms with Gasteiger partial charge in [-0.05, 0) is 27.0 Å². The number of amides is 1. The molecule has 1 N–H and O–H groups in total. The molecule has 0 aromatic rings. The predicted molar refractivity (Wildman–Crippen MR) is 73.6 cm³/mol. The number of esters is 1. The van der Waals surface area contributed by atoms with Crippen LogP contribution in [0.3, 0.4) is 0 Å². The second kappa shape index (κ2) is 10.7. The fourth-order valence-electron chi connectivity index (χ4n) is 1.26. The number of hydrogen-bond donors (Lipinski definition) is 1. The number of carbonyl (C=O) groups is 3. The van der Waals surface area contributed by atoms with E-state index in [1.165, 1.54) is 0 Å². The van der Waals surface area contributed by atoms with Crippen molar-refractivity contribution in [2.45, 2.75) is 45.6 Å². The van der Waals surface area contributed by atoms with Gasteiger partial charge in [0.05, 0.1) is 8.85 Å². The summed E-state index contributed by atoms with van der Waals surface area (Å²) >= 11 is 0. The highest BCUT2D eigenvalue weighted by Crippen LogP contribution is 2.03. The Morgan fingerprint density at radius 3 is 2.90 bits per heavy atom. The molecule has 21 heavy (non-hydrogen) atoms. The fourth-order valence-corrected chi connectivity index (χ4v) is 1.26. The lowest BCUT2D eigenvalue weighted by Crippen LogP contribution is -2.44. The Labute approximate surface area is 134 Å². The molecule has 118 valence electrons. The summed E-state index contributed by atoms with van der Waals surface area (Å²) in [6, 6.07) is -1.52. The van der Waals surface area contributed by atoms with Crippen LogP contribution in [0, 0.1) is 0 Å². The predicted octanol–water partition coefficient (Wildman–Crippen LogP) is 0.109. The molecule has 0 aromatic heterocycles. The summed E-state index contributed by atoms with van der Waals surface area (Å²) in [5.74, 6) is -3.00. The molecule has 0 aliphatic carbocycles. The Morgan fingerprint density at radius 2 is 2.29 bits per heavy atom. The SMILES string of the molecule is [2H]C([2H])([2H])C(C)OC(=O)[C@H](CCC(=O)C=[N+]=[N-])NC(=O)COC([2H])([2H])C([2H])([2H])[2H]. The van der Waals surface area contributed by atoms with E-state index in [-0.39, 0.29) is 12.8 Å². The number of nitrogens with one attached hydrogen (secondary N) is 1. The maximum absolute atomic E-state index is 12.2. The van der Waals surface area contributed by atoms with Crippen molar-refractivity contribution < 1.29 is 39.6 Å².